The third kappa shape index (κ3) is 4.88. The Labute approximate surface area is 163 Å². The van der Waals surface area contributed by atoms with E-state index in [2.05, 4.69) is 0 Å². The summed E-state index contributed by atoms with van der Waals surface area (Å²) in [7, 11) is 0. The molecule has 4 nitrogen and oxygen atoms in total. The minimum Gasteiger partial charge on any atom is -0.489 e. The molecule has 0 unspecified atom stereocenters. The third-order valence-electron chi connectivity index (χ3n) is 4.25. The van der Waals surface area contributed by atoms with Crippen LogP contribution in [-0.4, -0.2) is 16.7 Å². The lowest BCUT2D eigenvalue weighted by Gasteiger charge is -2.21. The van der Waals surface area contributed by atoms with E-state index >= 15 is 0 Å². The van der Waals surface area contributed by atoms with Crippen molar-refractivity contribution in [1.82, 2.24) is 0 Å². The Morgan fingerprint density at radius 3 is 1.89 bits per heavy atom. The minimum absolute atomic E-state index is 0.258. The molecule has 0 amide bonds. The number of rotatable bonds is 7. The summed E-state index contributed by atoms with van der Waals surface area (Å²) in [5.74, 6) is -0.0753. The summed E-state index contributed by atoms with van der Waals surface area (Å²) < 4.78 is 24.3. The highest BCUT2D eigenvalue weighted by molar-refractivity contribution is 5.76. The minimum atomic E-state index is -1.29. The van der Waals surface area contributed by atoms with E-state index in [1.165, 1.54) is 26.0 Å². The van der Waals surface area contributed by atoms with Crippen molar-refractivity contribution >= 4 is 5.97 Å². The Hall–Kier alpha value is -3.34. The molecule has 28 heavy (non-hydrogen) atoms. The average Bonchev–Trinajstić information content (AvgIpc) is 2.68. The summed E-state index contributed by atoms with van der Waals surface area (Å²) in [6, 6.07) is 21.0. The van der Waals surface area contributed by atoms with Crippen LogP contribution in [0.3, 0.4) is 0 Å². The summed E-state index contributed by atoms with van der Waals surface area (Å²) in [6.07, 6.45) is 0. The van der Waals surface area contributed by atoms with Crippen LogP contribution in [0, 0.1) is 5.82 Å². The Balaban J connectivity index is 1.58. The van der Waals surface area contributed by atoms with Crippen LogP contribution in [0.25, 0.3) is 11.1 Å². The molecule has 0 aliphatic rings. The van der Waals surface area contributed by atoms with Gasteiger partial charge in [0, 0.05) is 0 Å². The Morgan fingerprint density at radius 1 is 0.857 bits per heavy atom. The van der Waals surface area contributed by atoms with Gasteiger partial charge >= 0.3 is 5.97 Å². The van der Waals surface area contributed by atoms with Crippen LogP contribution in [0.1, 0.15) is 19.4 Å². The standard InChI is InChI=1S/C23H21FO4/c1-23(2,22(25)26)28-21-11-3-16(4-12-21)15-27-20-13-7-18(8-14-20)17-5-9-19(24)10-6-17/h3-14H,15H2,1-2H3,(H,25,26). The summed E-state index contributed by atoms with van der Waals surface area (Å²) >= 11 is 0. The first-order chi connectivity index (χ1) is 13.3. The molecule has 144 valence electrons. The molecule has 0 aromatic heterocycles. The normalized spacial score (nSPS) is 11.1. The number of carbonyl (C=O) groups is 1. The van der Waals surface area contributed by atoms with Gasteiger partial charge in [0.05, 0.1) is 0 Å². The molecule has 0 spiro atoms. The molecular weight excluding hydrogens is 359 g/mol. The van der Waals surface area contributed by atoms with Crippen LogP contribution < -0.4 is 9.47 Å². The molecule has 3 rings (SSSR count). The lowest BCUT2D eigenvalue weighted by atomic mass is 10.1. The zero-order valence-electron chi connectivity index (χ0n) is 15.7. The molecule has 0 atom stereocenters. The van der Waals surface area contributed by atoms with E-state index in [0.29, 0.717) is 12.4 Å². The molecular formula is C23H21FO4. The maximum Gasteiger partial charge on any atom is 0.347 e. The number of halogens is 1. The van der Waals surface area contributed by atoms with Crippen molar-refractivity contribution in [2.24, 2.45) is 0 Å². The Kier molecular flexibility index (Phi) is 5.64. The first-order valence-corrected chi connectivity index (χ1v) is 8.84. The van der Waals surface area contributed by atoms with E-state index in [1.54, 1.807) is 24.3 Å². The predicted molar refractivity (Wildman–Crippen MR) is 105 cm³/mol. The highest BCUT2D eigenvalue weighted by Gasteiger charge is 2.29. The number of ether oxygens (including phenoxy) is 2. The zero-order valence-corrected chi connectivity index (χ0v) is 15.7. The Bertz CT molecular complexity index is 930. The number of aliphatic carboxylic acids is 1. The molecule has 3 aromatic rings. The molecule has 0 saturated heterocycles. The maximum absolute atomic E-state index is 13.0. The van der Waals surface area contributed by atoms with Crippen LogP contribution in [0.4, 0.5) is 4.39 Å². The van der Waals surface area contributed by atoms with Gasteiger partial charge in [-0.25, -0.2) is 9.18 Å². The van der Waals surface area contributed by atoms with Crippen LogP contribution in [0.2, 0.25) is 0 Å². The van der Waals surface area contributed by atoms with E-state index in [1.807, 2.05) is 36.4 Å². The second-order valence-corrected chi connectivity index (χ2v) is 6.88. The van der Waals surface area contributed by atoms with E-state index in [-0.39, 0.29) is 5.82 Å². The monoisotopic (exact) mass is 380 g/mol. The van der Waals surface area contributed by atoms with E-state index < -0.39 is 11.6 Å². The van der Waals surface area contributed by atoms with Crippen LogP contribution in [0.15, 0.2) is 72.8 Å². The van der Waals surface area contributed by atoms with Crippen molar-refractivity contribution in [3.63, 3.8) is 0 Å². The zero-order chi connectivity index (χ0) is 20.1. The van der Waals surface area contributed by atoms with Gasteiger partial charge in [-0.3, -0.25) is 0 Å². The van der Waals surface area contributed by atoms with Crippen molar-refractivity contribution in [3.8, 4) is 22.6 Å². The number of benzene rings is 3. The number of hydrogen-bond donors (Lipinski definition) is 1. The lowest BCUT2D eigenvalue weighted by molar-refractivity contribution is -0.152. The van der Waals surface area contributed by atoms with Gasteiger partial charge in [0.1, 0.15) is 23.9 Å². The highest BCUT2D eigenvalue weighted by Crippen LogP contribution is 2.24. The quantitative estimate of drug-likeness (QED) is 0.603. The van der Waals surface area contributed by atoms with E-state index in [0.717, 1.165) is 22.4 Å². The molecule has 0 fully saturated rings. The second kappa shape index (κ2) is 8.13. The molecule has 0 bridgehead atoms. The van der Waals surface area contributed by atoms with Gasteiger partial charge in [-0.15, -0.1) is 0 Å². The fourth-order valence-electron chi connectivity index (χ4n) is 2.54. The van der Waals surface area contributed by atoms with E-state index in [4.69, 9.17) is 14.6 Å². The largest absolute Gasteiger partial charge is 0.489 e. The van der Waals surface area contributed by atoms with E-state index in [9.17, 15) is 9.18 Å². The van der Waals surface area contributed by atoms with Crippen molar-refractivity contribution in [3.05, 3.63) is 84.2 Å². The van der Waals surface area contributed by atoms with Crippen molar-refractivity contribution in [2.75, 3.05) is 0 Å². The molecule has 0 aliphatic carbocycles. The highest BCUT2D eigenvalue weighted by atomic mass is 19.1. The first-order valence-electron chi connectivity index (χ1n) is 8.84. The lowest BCUT2D eigenvalue weighted by Crippen LogP contribution is -2.37. The van der Waals surface area contributed by atoms with Crippen LogP contribution >= 0.6 is 0 Å². The summed E-state index contributed by atoms with van der Waals surface area (Å²) in [5.41, 5.74) is 1.57. The summed E-state index contributed by atoms with van der Waals surface area (Å²) in [5, 5.41) is 9.11. The number of carboxylic acids is 1. The van der Waals surface area contributed by atoms with Gasteiger partial charge in [0.2, 0.25) is 0 Å². The van der Waals surface area contributed by atoms with Gasteiger partial charge < -0.3 is 14.6 Å². The van der Waals surface area contributed by atoms with Gasteiger partial charge in [-0.2, -0.15) is 0 Å². The maximum atomic E-state index is 13.0. The first kappa shape index (κ1) is 19.4. The summed E-state index contributed by atoms with van der Waals surface area (Å²) in [6.45, 7) is 3.38. The third-order valence-corrected chi connectivity index (χ3v) is 4.25. The van der Waals surface area contributed by atoms with Gasteiger partial charge in [-0.05, 0) is 66.9 Å². The molecule has 0 radical (unpaired) electrons. The van der Waals surface area contributed by atoms with Crippen molar-refractivity contribution < 1.29 is 23.8 Å². The topological polar surface area (TPSA) is 55.8 Å². The molecule has 5 heteroatoms. The predicted octanol–water partition coefficient (Wildman–Crippen LogP) is 5.31. The second-order valence-electron chi connectivity index (χ2n) is 6.88. The average molecular weight is 380 g/mol. The fraction of sp³-hybridized carbons (Fsp3) is 0.174. The fourth-order valence-corrected chi connectivity index (χ4v) is 2.54. The summed E-state index contributed by atoms with van der Waals surface area (Å²) in [4.78, 5) is 11.1. The molecule has 1 N–H and O–H groups in total. The van der Waals surface area contributed by atoms with Gasteiger partial charge in [0.15, 0.2) is 5.60 Å². The van der Waals surface area contributed by atoms with Crippen LogP contribution in [-0.2, 0) is 11.4 Å². The smallest absolute Gasteiger partial charge is 0.347 e. The van der Waals surface area contributed by atoms with Crippen molar-refractivity contribution in [1.29, 1.82) is 0 Å². The molecule has 0 heterocycles. The SMILES string of the molecule is CC(C)(Oc1ccc(COc2ccc(-c3ccc(F)cc3)cc2)cc1)C(=O)O. The van der Waals surface area contributed by atoms with Crippen molar-refractivity contribution in [2.45, 2.75) is 26.1 Å². The number of hydrogen-bond acceptors (Lipinski definition) is 3. The van der Waals surface area contributed by atoms with Crippen LogP contribution in [0.5, 0.6) is 11.5 Å². The Morgan fingerprint density at radius 2 is 1.36 bits per heavy atom. The van der Waals surface area contributed by atoms with Gasteiger partial charge in [-0.1, -0.05) is 36.4 Å². The molecule has 3 aromatic carbocycles. The number of carboxylic acid groups (broad SMARTS) is 1. The molecule has 0 saturated carbocycles. The molecule has 0 aliphatic heterocycles. The van der Waals surface area contributed by atoms with Gasteiger partial charge in [0.25, 0.3) is 0 Å².